The summed E-state index contributed by atoms with van der Waals surface area (Å²) >= 11 is 0. The van der Waals surface area contributed by atoms with Crippen LogP contribution in [0.2, 0.25) is 0 Å². The number of aliphatic hydroxyl groups is 1. The third kappa shape index (κ3) is 1.50. The van der Waals surface area contributed by atoms with Crippen molar-refractivity contribution in [2.24, 2.45) is 0 Å². The first kappa shape index (κ1) is 11.2. The summed E-state index contributed by atoms with van der Waals surface area (Å²) in [6.45, 7) is 0.0613. The van der Waals surface area contributed by atoms with E-state index in [1.165, 1.54) is 0 Å². The molecule has 0 spiro atoms. The molecular weight excluding hydrogens is 184 g/mol. The summed E-state index contributed by atoms with van der Waals surface area (Å²) in [7, 11) is 0. The summed E-state index contributed by atoms with van der Waals surface area (Å²) in [6.07, 6.45) is -3.83. The first-order valence-corrected chi connectivity index (χ1v) is 2.75. The van der Waals surface area contributed by atoms with Crippen LogP contribution in [0.15, 0.2) is 0 Å². The fourth-order valence-electron chi connectivity index (χ4n) is 0.354. The van der Waals surface area contributed by atoms with Gasteiger partial charge in [-0.05, 0) is 6.92 Å². The monoisotopic (exact) mass is 190 g/mol. The molecule has 7 heteroatoms. The molecule has 0 aliphatic carbocycles. The quantitative estimate of drug-likeness (QED) is 0.644. The summed E-state index contributed by atoms with van der Waals surface area (Å²) in [5.74, 6) is -7.64. The lowest BCUT2D eigenvalue weighted by Gasteiger charge is -2.27. The first-order valence-electron chi connectivity index (χ1n) is 2.75. The highest BCUT2D eigenvalue weighted by molar-refractivity contribution is 5.77. The SMILES string of the molecule is CC(O)(C(F)F)C(F)(F)C(=O)O. The Morgan fingerprint density at radius 1 is 1.42 bits per heavy atom. The molecule has 0 aromatic rings. The summed E-state index contributed by atoms with van der Waals surface area (Å²) in [5.41, 5.74) is -3.85. The Morgan fingerprint density at radius 2 is 1.75 bits per heavy atom. The van der Waals surface area contributed by atoms with E-state index in [0.717, 1.165) is 0 Å². The summed E-state index contributed by atoms with van der Waals surface area (Å²) in [5, 5.41) is 16.2. The minimum Gasteiger partial charge on any atom is -0.477 e. The largest absolute Gasteiger partial charge is 0.477 e. The lowest BCUT2D eigenvalue weighted by atomic mass is 9.99. The van der Waals surface area contributed by atoms with Crippen molar-refractivity contribution in [1.82, 2.24) is 0 Å². The number of carboxylic acids is 1. The van der Waals surface area contributed by atoms with Crippen molar-refractivity contribution in [2.45, 2.75) is 24.9 Å². The maximum atomic E-state index is 12.2. The highest BCUT2D eigenvalue weighted by Gasteiger charge is 2.61. The molecule has 0 saturated heterocycles. The van der Waals surface area contributed by atoms with E-state index in [4.69, 9.17) is 10.2 Å². The molecule has 12 heavy (non-hydrogen) atoms. The third-order valence-corrected chi connectivity index (χ3v) is 1.33. The number of halogens is 4. The number of alkyl halides is 4. The van der Waals surface area contributed by atoms with Gasteiger partial charge in [0.2, 0.25) is 0 Å². The number of aliphatic carboxylic acids is 1. The van der Waals surface area contributed by atoms with Crippen LogP contribution in [-0.4, -0.2) is 34.1 Å². The van der Waals surface area contributed by atoms with Gasteiger partial charge in [0, 0.05) is 0 Å². The van der Waals surface area contributed by atoms with Gasteiger partial charge in [0.05, 0.1) is 0 Å². The Hall–Kier alpha value is -0.850. The molecule has 0 aliphatic heterocycles. The maximum Gasteiger partial charge on any atom is 0.378 e. The zero-order chi connectivity index (χ0) is 10.2. The van der Waals surface area contributed by atoms with Crippen molar-refractivity contribution in [3.8, 4) is 0 Å². The van der Waals surface area contributed by atoms with Crippen molar-refractivity contribution in [1.29, 1.82) is 0 Å². The Bertz CT molecular complexity index is 189. The maximum absolute atomic E-state index is 12.2. The molecule has 0 heterocycles. The zero-order valence-electron chi connectivity index (χ0n) is 5.89. The number of rotatable bonds is 3. The van der Waals surface area contributed by atoms with Gasteiger partial charge in [0.25, 0.3) is 6.43 Å². The molecule has 3 nitrogen and oxygen atoms in total. The molecule has 72 valence electrons. The van der Waals surface area contributed by atoms with Crippen LogP contribution in [0.3, 0.4) is 0 Å². The normalized spacial score (nSPS) is 17.6. The fourth-order valence-corrected chi connectivity index (χ4v) is 0.354. The Balaban J connectivity index is 4.88. The predicted octanol–water partition coefficient (Wildman–Crippen LogP) is 0.722. The van der Waals surface area contributed by atoms with E-state index in [0.29, 0.717) is 0 Å². The van der Waals surface area contributed by atoms with Crippen LogP contribution in [0.25, 0.3) is 0 Å². The van der Waals surface area contributed by atoms with Gasteiger partial charge in [0.15, 0.2) is 5.60 Å². The van der Waals surface area contributed by atoms with Gasteiger partial charge in [-0.3, -0.25) is 0 Å². The van der Waals surface area contributed by atoms with E-state index in [1.54, 1.807) is 0 Å². The Morgan fingerprint density at radius 3 is 1.83 bits per heavy atom. The van der Waals surface area contributed by atoms with Gasteiger partial charge in [-0.1, -0.05) is 0 Å². The van der Waals surface area contributed by atoms with Crippen LogP contribution in [-0.2, 0) is 4.79 Å². The smallest absolute Gasteiger partial charge is 0.378 e. The summed E-state index contributed by atoms with van der Waals surface area (Å²) < 4.78 is 47.8. The van der Waals surface area contributed by atoms with Crippen molar-refractivity contribution in [3.05, 3.63) is 0 Å². The fraction of sp³-hybridized carbons (Fsp3) is 0.800. The van der Waals surface area contributed by atoms with Crippen molar-refractivity contribution in [2.75, 3.05) is 0 Å². The van der Waals surface area contributed by atoms with E-state index in [2.05, 4.69) is 0 Å². The van der Waals surface area contributed by atoms with Crippen LogP contribution in [0.5, 0.6) is 0 Å². The molecule has 0 saturated carbocycles. The topological polar surface area (TPSA) is 57.5 Å². The number of carboxylic acid groups (broad SMARTS) is 1. The highest BCUT2D eigenvalue weighted by Crippen LogP contribution is 2.33. The average molecular weight is 190 g/mol. The molecular formula is C5H6F4O3. The van der Waals surface area contributed by atoms with E-state index >= 15 is 0 Å². The van der Waals surface area contributed by atoms with Crippen LogP contribution in [0, 0.1) is 0 Å². The lowest BCUT2D eigenvalue weighted by Crippen LogP contribution is -2.55. The van der Waals surface area contributed by atoms with Crippen LogP contribution in [0.1, 0.15) is 6.92 Å². The highest BCUT2D eigenvalue weighted by atomic mass is 19.3. The number of hydrogen-bond acceptors (Lipinski definition) is 2. The molecule has 0 rings (SSSR count). The second-order valence-corrected chi connectivity index (χ2v) is 2.33. The van der Waals surface area contributed by atoms with Crippen molar-refractivity contribution in [3.63, 3.8) is 0 Å². The molecule has 1 atom stereocenters. The van der Waals surface area contributed by atoms with Gasteiger partial charge < -0.3 is 10.2 Å². The van der Waals surface area contributed by atoms with Gasteiger partial charge in [-0.15, -0.1) is 0 Å². The minimum absolute atomic E-state index is 0.0613. The molecule has 0 aromatic heterocycles. The van der Waals surface area contributed by atoms with Gasteiger partial charge in [-0.25, -0.2) is 13.6 Å². The molecule has 0 aliphatic rings. The number of carbonyl (C=O) groups is 1. The second-order valence-electron chi connectivity index (χ2n) is 2.33. The van der Waals surface area contributed by atoms with Gasteiger partial charge >= 0.3 is 11.9 Å². The summed E-state index contributed by atoms with van der Waals surface area (Å²) in [6, 6.07) is 0. The Kier molecular flexibility index (Phi) is 2.68. The van der Waals surface area contributed by atoms with Gasteiger partial charge in [0.1, 0.15) is 0 Å². The third-order valence-electron chi connectivity index (χ3n) is 1.33. The average Bonchev–Trinajstić information content (AvgIpc) is 1.86. The Labute approximate surface area is 64.6 Å². The molecule has 0 aromatic carbocycles. The summed E-state index contributed by atoms with van der Waals surface area (Å²) in [4.78, 5) is 9.73. The van der Waals surface area contributed by atoms with Crippen LogP contribution >= 0.6 is 0 Å². The molecule has 1 unspecified atom stereocenters. The van der Waals surface area contributed by atoms with E-state index in [-0.39, 0.29) is 6.92 Å². The van der Waals surface area contributed by atoms with Crippen LogP contribution in [0.4, 0.5) is 17.6 Å². The van der Waals surface area contributed by atoms with Crippen molar-refractivity contribution >= 4 is 5.97 Å². The zero-order valence-corrected chi connectivity index (χ0v) is 5.89. The minimum atomic E-state index is -4.86. The van der Waals surface area contributed by atoms with Crippen LogP contribution < -0.4 is 0 Å². The lowest BCUT2D eigenvalue weighted by molar-refractivity contribution is -0.235. The molecule has 0 amide bonds. The number of hydrogen-bond donors (Lipinski definition) is 2. The molecule has 0 radical (unpaired) electrons. The standard InChI is InChI=1S/C5H6F4O3/c1-4(12,2(6)7)5(8,9)3(10)11/h2,12H,1H3,(H,10,11). The molecule has 0 bridgehead atoms. The second kappa shape index (κ2) is 2.89. The predicted molar refractivity (Wildman–Crippen MR) is 29.2 cm³/mol. The van der Waals surface area contributed by atoms with E-state index in [9.17, 15) is 22.4 Å². The molecule has 2 N–H and O–H groups in total. The van der Waals surface area contributed by atoms with E-state index in [1.807, 2.05) is 0 Å². The molecule has 0 fully saturated rings. The van der Waals surface area contributed by atoms with Gasteiger partial charge in [-0.2, -0.15) is 8.78 Å². The van der Waals surface area contributed by atoms with Crippen molar-refractivity contribution < 1.29 is 32.6 Å². The first-order chi connectivity index (χ1) is 5.14. The van der Waals surface area contributed by atoms with E-state index < -0.39 is 23.9 Å².